The molecule has 0 spiro atoms. The Morgan fingerprint density at radius 2 is 1.95 bits per heavy atom. The smallest absolute Gasteiger partial charge is 0.308 e. The van der Waals surface area contributed by atoms with Gasteiger partial charge in [0.15, 0.2) is 0 Å². The molecule has 0 bridgehead atoms. The molecule has 0 fully saturated rings. The van der Waals surface area contributed by atoms with Crippen LogP contribution in [0.5, 0.6) is 5.75 Å². The van der Waals surface area contributed by atoms with Crippen molar-refractivity contribution in [3.63, 3.8) is 0 Å². The van der Waals surface area contributed by atoms with Crippen LogP contribution in [0.4, 0.5) is 5.69 Å². The Hall–Kier alpha value is -3.30. The average molecular weight is 549 g/mol. The number of benzene rings is 2. The number of halogens is 2. The molecule has 198 valence electrons. The van der Waals surface area contributed by atoms with Crippen LogP contribution in [0.2, 0.25) is 10.0 Å². The normalized spacial score (nSPS) is 14.1. The molecule has 1 aliphatic heterocycles. The van der Waals surface area contributed by atoms with E-state index < -0.39 is 23.8 Å². The second-order valence-corrected chi connectivity index (χ2v) is 9.33. The molecular weight excluding hydrogens is 519 g/mol. The predicted molar refractivity (Wildman–Crippen MR) is 143 cm³/mol. The zero-order valence-electron chi connectivity index (χ0n) is 20.5. The van der Waals surface area contributed by atoms with Crippen molar-refractivity contribution in [1.82, 2.24) is 10.6 Å². The van der Waals surface area contributed by atoms with E-state index in [1.165, 1.54) is 12.1 Å². The summed E-state index contributed by atoms with van der Waals surface area (Å²) < 4.78 is 4.98. The van der Waals surface area contributed by atoms with E-state index in [4.69, 9.17) is 27.9 Å². The lowest BCUT2D eigenvalue weighted by molar-refractivity contribution is -0.143. The number of amides is 2. The van der Waals surface area contributed by atoms with Crippen LogP contribution in [-0.4, -0.2) is 48.4 Å². The molecule has 2 amide bonds. The Bertz CT molecular complexity index is 1170. The second-order valence-electron chi connectivity index (χ2n) is 8.48. The van der Waals surface area contributed by atoms with Gasteiger partial charge in [0.05, 0.1) is 30.6 Å². The van der Waals surface area contributed by atoms with Gasteiger partial charge < -0.3 is 25.8 Å². The first-order valence-corrected chi connectivity index (χ1v) is 12.8. The minimum absolute atomic E-state index is 0.0257. The number of aliphatic imine (C=N–C) groups is 1. The number of phenolic OH excluding ortho intramolecular Hbond substituents is 1. The topological polar surface area (TPSA) is 129 Å². The molecule has 3 rings (SSSR count). The number of rotatable bonds is 9. The summed E-state index contributed by atoms with van der Waals surface area (Å²) >= 11 is 12.1. The van der Waals surface area contributed by atoms with Gasteiger partial charge in [0.1, 0.15) is 11.6 Å². The van der Waals surface area contributed by atoms with Crippen LogP contribution in [0, 0.1) is 0 Å². The number of anilines is 1. The van der Waals surface area contributed by atoms with Crippen molar-refractivity contribution in [1.29, 1.82) is 0 Å². The molecule has 0 saturated carbocycles. The highest BCUT2D eigenvalue weighted by Gasteiger charge is 2.24. The number of aromatic hydroxyl groups is 1. The zero-order chi connectivity index (χ0) is 26.8. The van der Waals surface area contributed by atoms with Gasteiger partial charge in [-0.3, -0.25) is 19.4 Å². The largest absolute Gasteiger partial charge is 0.506 e. The molecule has 11 heteroatoms. The fraction of sp³-hybridized carbons (Fsp3) is 0.385. The number of carbonyl (C=O) groups is 3. The van der Waals surface area contributed by atoms with Gasteiger partial charge in [-0.05, 0) is 50.1 Å². The lowest BCUT2D eigenvalue weighted by atomic mass is 10.0. The second kappa shape index (κ2) is 13.9. The van der Waals surface area contributed by atoms with E-state index in [0.29, 0.717) is 5.56 Å². The molecule has 0 saturated heterocycles. The summed E-state index contributed by atoms with van der Waals surface area (Å²) in [5, 5.41) is 19.1. The molecule has 0 radical (unpaired) electrons. The number of amidine groups is 1. The minimum atomic E-state index is -0.979. The van der Waals surface area contributed by atoms with Gasteiger partial charge in [-0.2, -0.15) is 0 Å². The van der Waals surface area contributed by atoms with Crippen molar-refractivity contribution in [3.8, 4) is 5.75 Å². The van der Waals surface area contributed by atoms with E-state index in [1.807, 2.05) is 6.07 Å². The fourth-order valence-electron chi connectivity index (χ4n) is 3.87. The van der Waals surface area contributed by atoms with E-state index in [2.05, 4.69) is 20.9 Å². The van der Waals surface area contributed by atoms with E-state index in [9.17, 15) is 19.5 Å². The maximum absolute atomic E-state index is 12.7. The van der Waals surface area contributed by atoms with Crippen LogP contribution in [0.3, 0.4) is 0 Å². The molecule has 9 nitrogen and oxygen atoms in total. The summed E-state index contributed by atoms with van der Waals surface area (Å²) in [4.78, 5) is 42.1. The molecule has 37 heavy (non-hydrogen) atoms. The highest BCUT2D eigenvalue weighted by molar-refractivity contribution is 6.35. The molecule has 0 aliphatic carbocycles. The van der Waals surface area contributed by atoms with Crippen molar-refractivity contribution in [2.45, 2.75) is 45.1 Å². The van der Waals surface area contributed by atoms with E-state index in [1.54, 1.807) is 25.1 Å². The summed E-state index contributed by atoms with van der Waals surface area (Å²) in [6.07, 6.45) is 3.87. The van der Waals surface area contributed by atoms with Gasteiger partial charge in [0.2, 0.25) is 5.91 Å². The molecule has 0 aromatic heterocycles. The molecule has 1 atom stereocenters. The van der Waals surface area contributed by atoms with Gasteiger partial charge in [-0.15, -0.1) is 0 Å². The monoisotopic (exact) mass is 548 g/mol. The van der Waals surface area contributed by atoms with Crippen LogP contribution < -0.4 is 16.0 Å². The number of esters is 1. The van der Waals surface area contributed by atoms with E-state index in [0.717, 1.165) is 43.8 Å². The number of hydrogen-bond acceptors (Lipinski definition) is 7. The van der Waals surface area contributed by atoms with Crippen molar-refractivity contribution < 1.29 is 24.2 Å². The third kappa shape index (κ3) is 8.65. The van der Waals surface area contributed by atoms with Crippen molar-refractivity contribution >= 4 is 52.5 Å². The van der Waals surface area contributed by atoms with Gasteiger partial charge >= 0.3 is 5.97 Å². The highest BCUT2D eigenvalue weighted by Crippen LogP contribution is 2.36. The van der Waals surface area contributed by atoms with Gasteiger partial charge in [-0.25, -0.2) is 0 Å². The van der Waals surface area contributed by atoms with Gasteiger partial charge in [0, 0.05) is 34.8 Å². The SMILES string of the molecule is CCOC(=O)CC(NC(=O)CNC(=O)c1cccc(NC2=NCCCCC2)c1)c1cc(Cl)cc(Cl)c1O. The predicted octanol–water partition coefficient (Wildman–Crippen LogP) is 4.62. The molecule has 1 heterocycles. The highest BCUT2D eigenvalue weighted by atomic mass is 35.5. The minimum Gasteiger partial charge on any atom is -0.506 e. The number of nitrogens with zero attached hydrogens (tertiary/aromatic N) is 1. The molecule has 1 unspecified atom stereocenters. The lowest BCUT2D eigenvalue weighted by Gasteiger charge is -2.20. The Labute approximate surface area is 225 Å². The maximum Gasteiger partial charge on any atom is 0.308 e. The number of carbonyl (C=O) groups excluding carboxylic acids is 3. The van der Waals surface area contributed by atoms with E-state index >= 15 is 0 Å². The van der Waals surface area contributed by atoms with Gasteiger partial charge in [-0.1, -0.05) is 35.7 Å². The Morgan fingerprint density at radius 1 is 1.14 bits per heavy atom. The third-order valence-electron chi connectivity index (χ3n) is 5.64. The number of ether oxygens (including phenoxy) is 1. The Balaban J connectivity index is 1.64. The summed E-state index contributed by atoms with van der Waals surface area (Å²) in [6, 6.07) is 8.70. The standard InChI is InChI=1S/C26H30Cl2N4O5/c1-2-37-24(34)14-21(19-12-17(27)13-20(28)25(19)35)32-23(33)15-30-26(36)16-7-6-8-18(11-16)31-22-9-4-3-5-10-29-22/h6-8,11-13,21,35H,2-5,9-10,14-15H2,1H3,(H,29,31)(H,30,36)(H,32,33). The first-order chi connectivity index (χ1) is 17.8. The first kappa shape index (κ1) is 28.3. The lowest BCUT2D eigenvalue weighted by Crippen LogP contribution is -2.39. The number of nitrogens with one attached hydrogen (secondary N) is 3. The van der Waals surface area contributed by atoms with E-state index in [-0.39, 0.29) is 40.9 Å². The Morgan fingerprint density at radius 3 is 2.73 bits per heavy atom. The molecule has 2 aromatic carbocycles. The fourth-order valence-corrected chi connectivity index (χ4v) is 4.37. The molecule has 4 N–H and O–H groups in total. The summed E-state index contributed by atoms with van der Waals surface area (Å²) in [5.74, 6) is -1.04. The zero-order valence-corrected chi connectivity index (χ0v) is 22.0. The summed E-state index contributed by atoms with van der Waals surface area (Å²) in [5.41, 5.74) is 1.26. The molecule has 1 aliphatic rings. The third-order valence-corrected chi connectivity index (χ3v) is 6.15. The van der Waals surface area contributed by atoms with Crippen molar-refractivity contribution in [2.75, 3.05) is 25.0 Å². The average Bonchev–Trinajstić information content (AvgIpc) is 3.13. The Kier molecular flexibility index (Phi) is 10.6. The quantitative estimate of drug-likeness (QED) is 0.338. The van der Waals surface area contributed by atoms with Crippen LogP contribution in [0.1, 0.15) is 61.0 Å². The summed E-state index contributed by atoms with van der Waals surface area (Å²) in [7, 11) is 0. The maximum atomic E-state index is 12.7. The van der Waals surface area contributed by atoms with Crippen LogP contribution in [-0.2, 0) is 14.3 Å². The van der Waals surface area contributed by atoms with Crippen LogP contribution in [0.25, 0.3) is 0 Å². The van der Waals surface area contributed by atoms with Crippen LogP contribution in [0.15, 0.2) is 41.4 Å². The number of hydrogen-bond donors (Lipinski definition) is 4. The van der Waals surface area contributed by atoms with Crippen LogP contribution >= 0.6 is 23.2 Å². The van der Waals surface area contributed by atoms with Gasteiger partial charge in [0.25, 0.3) is 5.91 Å². The van der Waals surface area contributed by atoms with Crippen molar-refractivity contribution in [3.05, 3.63) is 57.6 Å². The number of phenols is 1. The van der Waals surface area contributed by atoms with Crippen molar-refractivity contribution in [2.24, 2.45) is 4.99 Å². The summed E-state index contributed by atoms with van der Waals surface area (Å²) in [6.45, 7) is 2.23. The molecular formula is C26H30Cl2N4O5. The molecule has 2 aromatic rings. The first-order valence-electron chi connectivity index (χ1n) is 12.1.